The smallest absolute Gasteiger partial charge is 0.141 e. The predicted molar refractivity (Wildman–Crippen MR) is 60.4 cm³/mol. The van der Waals surface area contributed by atoms with Crippen molar-refractivity contribution in [1.29, 1.82) is 5.26 Å². The largest absolute Gasteiger partial charge is 0.387 e. The van der Waals surface area contributed by atoms with E-state index in [-0.39, 0.29) is 5.02 Å². The molecule has 0 spiro atoms. The molecule has 2 unspecified atom stereocenters. The maximum absolute atomic E-state index is 12.9. The highest BCUT2D eigenvalue weighted by molar-refractivity contribution is 6.30. The molecule has 0 aliphatic carbocycles. The average Bonchev–Trinajstić information content (AvgIpc) is 2.28. The Labute approximate surface area is 99.3 Å². The number of aliphatic hydroxyl groups excluding tert-OH is 1. The van der Waals surface area contributed by atoms with Crippen LogP contribution in [0.5, 0.6) is 0 Å². The number of nitriles is 1. The second-order valence-corrected chi connectivity index (χ2v) is 4.05. The van der Waals surface area contributed by atoms with Crippen LogP contribution in [0.1, 0.15) is 31.4 Å². The summed E-state index contributed by atoms with van der Waals surface area (Å²) in [6, 6.07) is 6.06. The molecule has 0 saturated heterocycles. The molecule has 2 nitrogen and oxygen atoms in total. The van der Waals surface area contributed by atoms with Crippen molar-refractivity contribution in [3.8, 4) is 6.07 Å². The van der Waals surface area contributed by atoms with Gasteiger partial charge in [0.05, 0.1) is 23.1 Å². The summed E-state index contributed by atoms with van der Waals surface area (Å²) >= 11 is 5.61. The second-order valence-electron chi connectivity index (χ2n) is 3.64. The first-order valence-corrected chi connectivity index (χ1v) is 5.50. The molecule has 4 heteroatoms. The van der Waals surface area contributed by atoms with Crippen molar-refractivity contribution in [3.63, 3.8) is 0 Å². The molecule has 2 atom stereocenters. The Hall–Kier alpha value is -1.11. The molecule has 1 N–H and O–H groups in total. The molecule has 1 rings (SSSR count). The molecule has 0 aliphatic rings. The fourth-order valence-electron chi connectivity index (χ4n) is 1.53. The normalized spacial score (nSPS) is 14.2. The van der Waals surface area contributed by atoms with Crippen LogP contribution >= 0.6 is 11.6 Å². The van der Waals surface area contributed by atoms with E-state index in [0.717, 1.165) is 6.42 Å². The number of nitrogens with zero attached hydrogens (tertiary/aromatic N) is 1. The Morgan fingerprint density at radius 3 is 2.75 bits per heavy atom. The van der Waals surface area contributed by atoms with E-state index >= 15 is 0 Å². The van der Waals surface area contributed by atoms with E-state index in [9.17, 15) is 9.50 Å². The van der Waals surface area contributed by atoms with E-state index in [1.54, 1.807) is 0 Å². The molecule has 0 saturated carbocycles. The van der Waals surface area contributed by atoms with Gasteiger partial charge in [-0.05, 0) is 24.1 Å². The lowest BCUT2D eigenvalue weighted by atomic mass is 9.93. The molecule has 0 amide bonds. The van der Waals surface area contributed by atoms with Crippen molar-refractivity contribution >= 4 is 11.6 Å². The number of hydrogen-bond donors (Lipinski definition) is 1. The van der Waals surface area contributed by atoms with Crippen LogP contribution in [0.25, 0.3) is 0 Å². The van der Waals surface area contributed by atoms with Gasteiger partial charge in [-0.2, -0.15) is 5.26 Å². The Balaban J connectivity index is 2.91. The number of halogens is 2. The van der Waals surface area contributed by atoms with E-state index in [2.05, 4.69) is 0 Å². The van der Waals surface area contributed by atoms with E-state index < -0.39 is 17.8 Å². The monoisotopic (exact) mass is 241 g/mol. The molecule has 0 fully saturated rings. The van der Waals surface area contributed by atoms with Crippen molar-refractivity contribution in [2.45, 2.75) is 25.9 Å². The summed E-state index contributed by atoms with van der Waals surface area (Å²) in [7, 11) is 0. The van der Waals surface area contributed by atoms with Crippen LogP contribution in [0.15, 0.2) is 18.2 Å². The molecule has 86 valence electrons. The lowest BCUT2D eigenvalue weighted by molar-refractivity contribution is 0.130. The van der Waals surface area contributed by atoms with Crippen LogP contribution in [-0.4, -0.2) is 5.11 Å². The van der Waals surface area contributed by atoms with Gasteiger partial charge in [-0.25, -0.2) is 4.39 Å². The summed E-state index contributed by atoms with van der Waals surface area (Å²) in [6.45, 7) is 1.94. The molecule has 0 bridgehead atoms. The van der Waals surface area contributed by atoms with Gasteiger partial charge in [-0.15, -0.1) is 0 Å². The Morgan fingerprint density at radius 2 is 2.25 bits per heavy atom. The van der Waals surface area contributed by atoms with Gasteiger partial charge in [-0.1, -0.05) is 31.0 Å². The molecule has 16 heavy (non-hydrogen) atoms. The van der Waals surface area contributed by atoms with Crippen molar-refractivity contribution in [3.05, 3.63) is 34.6 Å². The molecule has 0 aromatic heterocycles. The van der Waals surface area contributed by atoms with Gasteiger partial charge in [0.2, 0.25) is 0 Å². The minimum Gasteiger partial charge on any atom is -0.387 e. The van der Waals surface area contributed by atoms with Gasteiger partial charge in [0.1, 0.15) is 5.82 Å². The van der Waals surface area contributed by atoms with Gasteiger partial charge in [0.15, 0.2) is 0 Å². The van der Waals surface area contributed by atoms with Gasteiger partial charge in [0, 0.05) is 0 Å². The lowest BCUT2D eigenvalue weighted by Gasteiger charge is -2.16. The number of aliphatic hydroxyl groups is 1. The van der Waals surface area contributed by atoms with Gasteiger partial charge in [-0.3, -0.25) is 0 Å². The highest BCUT2D eigenvalue weighted by Gasteiger charge is 2.20. The highest BCUT2D eigenvalue weighted by Crippen LogP contribution is 2.28. The lowest BCUT2D eigenvalue weighted by Crippen LogP contribution is -2.10. The molecule has 0 heterocycles. The number of benzene rings is 1. The summed E-state index contributed by atoms with van der Waals surface area (Å²) in [4.78, 5) is 0. The first-order chi connectivity index (χ1) is 7.60. The third kappa shape index (κ3) is 2.94. The quantitative estimate of drug-likeness (QED) is 0.878. The van der Waals surface area contributed by atoms with Crippen molar-refractivity contribution in [1.82, 2.24) is 0 Å². The third-order valence-corrected chi connectivity index (χ3v) is 2.72. The fraction of sp³-hybridized carbons (Fsp3) is 0.417. The van der Waals surface area contributed by atoms with Gasteiger partial charge < -0.3 is 5.11 Å². The van der Waals surface area contributed by atoms with Crippen molar-refractivity contribution in [2.75, 3.05) is 0 Å². The zero-order valence-electron chi connectivity index (χ0n) is 8.95. The van der Waals surface area contributed by atoms with Crippen molar-refractivity contribution < 1.29 is 9.50 Å². The van der Waals surface area contributed by atoms with E-state index in [0.29, 0.717) is 12.0 Å². The average molecular weight is 242 g/mol. The maximum Gasteiger partial charge on any atom is 0.141 e. The van der Waals surface area contributed by atoms with Crippen LogP contribution in [0.3, 0.4) is 0 Å². The molecular weight excluding hydrogens is 229 g/mol. The molecular formula is C12H13ClFNO. The summed E-state index contributed by atoms with van der Waals surface area (Å²) < 4.78 is 12.9. The number of hydrogen-bond acceptors (Lipinski definition) is 2. The van der Waals surface area contributed by atoms with Crippen LogP contribution in [0.2, 0.25) is 5.02 Å². The number of rotatable bonds is 4. The SMILES string of the molecule is CCCC(C#N)C(O)c1ccc(F)c(Cl)c1. The predicted octanol–water partition coefficient (Wildman–Crippen LogP) is 3.45. The van der Waals surface area contributed by atoms with E-state index in [1.165, 1.54) is 18.2 Å². The molecule has 0 radical (unpaired) electrons. The van der Waals surface area contributed by atoms with Crippen LogP contribution in [0.4, 0.5) is 4.39 Å². The zero-order valence-corrected chi connectivity index (χ0v) is 9.71. The summed E-state index contributed by atoms with van der Waals surface area (Å²) in [6.07, 6.45) is 0.500. The maximum atomic E-state index is 12.9. The van der Waals surface area contributed by atoms with E-state index in [4.69, 9.17) is 16.9 Å². The summed E-state index contributed by atoms with van der Waals surface area (Å²) in [5.74, 6) is -1.01. The van der Waals surface area contributed by atoms with Crippen LogP contribution < -0.4 is 0 Å². The van der Waals surface area contributed by atoms with E-state index in [1.807, 2.05) is 13.0 Å². The summed E-state index contributed by atoms with van der Waals surface area (Å²) in [5.41, 5.74) is 0.478. The highest BCUT2D eigenvalue weighted by atomic mass is 35.5. The fourth-order valence-corrected chi connectivity index (χ4v) is 1.72. The molecule has 0 aliphatic heterocycles. The molecule has 1 aromatic carbocycles. The van der Waals surface area contributed by atoms with Crippen molar-refractivity contribution in [2.24, 2.45) is 5.92 Å². The van der Waals surface area contributed by atoms with Gasteiger partial charge >= 0.3 is 0 Å². The summed E-state index contributed by atoms with van der Waals surface area (Å²) in [5, 5.41) is 18.8. The minimum atomic E-state index is -0.914. The van der Waals surface area contributed by atoms with Gasteiger partial charge in [0.25, 0.3) is 0 Å². The zero-order chi connectivity index (χ0) is 12.1. The molecule has 1 aromatic rings. The third-order valence-electron chi connectivity index (χ3n) is 2.43. The van der Waals surface area contributed by atoms with Crippen LogP contribution in [-0.2, 0) is 0 Å². The first kappa shape index (κ1) is 13.0. The second kappa shape index (κ2) is 5.83. The Morgan fingerprint density at radius 1 is 1.56 bits per heavy atom. The Bertz CT molecular complexity index is 402. The standard InChI is InChI=1S/C12H13ClFNO/c1-2-3-9(7-15)12(16)8-4-5-11(14)10(13)6-8/h4-6,9,12,16H,2-3H2,1H3. The topological polar surface area (TPSA) is 44.0 Å². The first-order valence-electron chi connectivity index (χ1n) is 5.12. The Kier molecular flexibility index (Phi) is 4.72. The minimum absolute atomic E-state index is 0.0373. The van der Waals surface area contributed by atoms with Crippen LogP contribution in [0, 0.1) is 23.1 Å².